The minimum atomic E-state index is -0.475. The van der Waals surface area contributed by atoms with Crippen LogP contribution in [0.2, 0.25) is 0 Å². The van der Waals surface area contributed by atoms with Crippen molar-refractivity contribution in [1.29, 1.82) is 0 Å². The molecule has 0 unspecified atom stereocenters. The number of fused-ring (bicyclic) bond motifs is 1. The molecule has 3 heterocycles. The lowest BCUT2D eigenvalue weighted by Gasteiger charge is -2.36. The van der Waals surface area contributed by atoms with Crippen LogP contribution >= 0.6 is 0 Å². The van der Waals surface area contributed by atoms with Gasteiger partial charge in [0, 0.05) is 32.4 Å². The zero-order valence-corrected chi connectivity index (χ0v) is 15.3. The van der Waals surface area contributed by atoms with Crippen LogP contribution in [0.4, 0.5) is 16.3 Å². The number of nitrogen functional groups attached to an aromatic ring is 1. The van der Waals surface area contributed by atoms with E-state index in [-0.39, 0.29) is 6.09 Å². The lowest BCUT2D eigenvalue weighted by atomic mass is 10.2. The van der Waals surface area contributed by atoms with Crippen molar-refractivity contribution in [3.05, 3.63) is 18.0 Å². The van der Waals surface area contributed by atoms with Gasteiger partial charge in [-0.25, -0.2) is 14.3 Å². The monoisotopic (exact) mass is 346 g/mol. The van der Waals surface area contributed by atoms with Gasteiger partial charge in [-0.1, -0.05) is 6.92 Å². The normalized spacial score (nSPS) is 15.7. The summed E-state index contributed by atoms with van der Waals surface area (Å²) in [5.41, 5.74) is 7.84. The Morgan fingerprint density at radius 1 is 1.28 bits per heavy atom. The Labute approximate surface area is 147 Å². The van der Waals surface area contributed by atoms with Gasteiger partial charge < -0.3 is 20.3 Å². The molecule has 0 saturated carbocycles. The molecule has 2 N–H and O–H groups in total. The average Bonchev–Trinajstić information content (AvgIpc) is 2.89. The maximum atomic E-state index is 12.2. The second-order valence-electron chi connectivity index (χ2n) is 7.22. The van der Waals surface area contributed by atoms with Crippen molar-refractivity contribution < 1.29 is 9.53 Å². The van der Waals surface area contributed by atoms with Crippen LogP contribution in [0.1, 0.15) is 33.4 Å². The van der Waals surface area contributed by atoms with E-state index in [1.165, 1.54) is 0 Å². The Bertz CT molecular complexity index is 771. The maximum absolute atomic E-state index is 12.2. The van der Waals surface area contributed by atoms with Crippen molar-refractivity contribution in [1.82, 2.24) is 19.5 Å². The first-order chi connectivity index (χ1) is 11.8. The minimum Gasteiger partial charge on any atom is -0.444 e. The van der Waals surface area contributed by atoms with Crippen LogP contribution in [0.15, 0.2) is 12.3 Å². The number of amides is 1. The molecule has 1 amide bonds. The van der Waals surface area contributed by atoms with E-state index in [4.69, 9.17) is 10.5 Å². The van der Waals surface area contributed by atoms with Crippen LogP contribution in [0.5, 0.6) is 0 Å². The topological polar surface area (TPSA) is 89.0 Å². The van der Waals surface area contributed by atoms with E-state index < -0.39 is 5.60 Å². The van der Waals surface area contributed by atoms with Crippen LogP contribution in [0.3, 0.4) is 0 Å². The predicted octanol–water partition coefficient (Wildman–Crippen LogP) is 1.93. The summed E-state index contributed by atoms with van der Waals surface area (Å²) in [4.78, 5) is 20.7. The molecule has 8 nitrogen and oxygen atoms in total. The van der Waals surface area contributed by atoms with Gasteiger partial charge in [0.25, 0.3) is 0 Å². The second kappa shape index (κ2) is 6.42. The molecule has 1 saturated heterocycles. The van der Waals surface area contributed by atoms with Crippen molar-refractivity contribution in [2.75, 3.05) is 36.8 Å². The third kappa shape index (κ3) is 3.62. The highest BCUT2D eigenvalue weighted by atomic mass is 16.6. The van der Waals surface area contributed by atoms with Gasteiger partial charge >= 0.3 is 6.09 Å². The molecule has 1 aliphatic heterocycles. The number of aromatic nitrogens is 3. The average molecular weight is 346 g/mol. The van der Waals surface area contributed by atoms with E-state index in [9.17, 15) is 4.79 Å². The summed E-state index contributed by atoms with van der Waals surface area (Å²) in [6, 6.07) is 1.93. The number of rotatable bonds is 2. The third-order valence-corrected chi connectivity index (χ3v) is 4.17. The van der Waals surface area contributed by atoms with E-state index in [1.54, 1.807) is 9.42 Å². The number of carbonyl (C=O) groups excluding carboxylic acids is 1. The van der Waals surface area contributed by atoms with E-state index in [0.717, 1.165) is 17.9 Å². The molecule has 8 heteroatoms. The highest BCUT2D eigenvalue weighted by Crippen LogP contribution is 2.21. The van der Waals surface area contributed by atoms with E-state index in [0.29, 0.717) is 37.5 Å². The van der Waals surface area contributed by atoms with Gasteiger partial charge in [-0.15, -0.1) is 0 Å². The Hall–Kier alpha value is -2.51. The van der Waals surface area contributed by atoms with Crippen molar-refractivity contribution in [3.8, 4) is 0 Å². The van der Waals surface area contributed by atoms with Crippen molar-refractivity contribution in [3.63, 3.8) is 0 Å². The Balaban J connectivity index is 1.69. The molecule has 2 aromatic rings. The van der Waals surface area contributed by atoms with Crippen molar-refractivity contribution in [2.45, 2.75) is 39.7 Å². The van der Waals surface area contributed by atoms with E-state index in [1.807, 2.05) is 40.0 Å². The number of nitrogens with zero attached hydrogens (tertiary/aromatic N) is 5. The first-order valence-corrected chi connectivity index (χ1v) is 8.65. The minimum absolute atomic E-state index is 0.261. The molecule has 0 aromatic carbocycles. The van der Waals surface area contributed by atoms with Gasteiger partial charge in [0.15, 0.2) is 5.65 Å². The van der Waals surface area contributed by atoms with Crippen LogP contribution in [-0.4, -0.2) is 57.4 Å². The number of aryl methyl sites for hydroxylation is 1. The second-order valence-corrected chi connectivity index (χ2v) is 7.22. The molecular formula is C17H26N6O2. The molecular weight excluding hydrogens is 320 g/mol. The number of anilines is 2. The highest BCUT2D eigenvalue weighted by Gasteiger charge is 2.26. The summed E-state index contributed by atoms with van der Waals surface area (Å²) in [5, 5.41) is 4.43. The molecule has 25 heavy (non-hydrogen) atoms. The van der Waals surface area contributed by atoms with Crippen LogP contribution < -0.4 is 10.6 Å². The quantitative estimate of drug-likeness (QED) is 0.894. The molecule has 0 atom stereocenters. The molecule has 1 fully saturated rings. The van der Waals surface area contributed by atoms with Gasteiger partial charge in [-0.2, -0.15) is 5.10 Å². The summed E-state index contributed by atoms with van der Waals surface area (Å²) >= 11 is 0. The summed E-state index contributed by atoms with van der Waals surface area (Å²) in [7, 11) is 0. The number of hydrogen-bond acceptors (Lipinski definition) is 6. The molecule has 0 bridgehead atoms. The zero-order chi connectivity index (χ0) is 18.2. The Kier molecular flexibility index (Phi) is 4.45. The van der Waals surface area contributed by atoms with Gasteiger partial charge in [0.2, 0.25) is 0 Å². The predicted molar refractivity (Wildman–Crippen MR) is 96.8 cm³/mol. The van der Waals surface area contributed by atoms with Gasteiger partial charge in [0.1, 0.15) is 17.1 Å². The van der Waals surface area contributed by atoms with Crippen molar-refractivity contribution in [2.24, 2.45) is 0 Å². The zero-order valence-electron chi connectivity index (χ0n) is 15.3. The number of piperazine rings is 1. The molecule has 0 aliphatic carbocycles. The number of ether oxygens (including phenoxy) is 1. The number of carbonyl (C=O) groups is 1. The first kappa shape index (κ1) is 17.3. The number of hydrogen-bond donors (Lipinski definition) is 1. The van der Waals surface area contributed by atoms with E-state index in [2.05, 4.69) is 15.0 Å². The summed E-state index contributed by atoms with van der Waals surface area (Å²) in [6.45, 7) is 10.3. The molecule has 1 aliphatic rings. The van der Waals surface area contributed by atoms with Crippen molar-refractivity contribution >= 4 is 23.2 Å². The van der Waals surface area contributed by atoms with Crippen LogP contribution in [0.25, 0.3) is 5.65 Å². The molecule has 0 spiro atoms. The summed E-state index contributed by atoms with van der Waals surface area (Å²) in [5.74, 6) is 0.852. The highest BCUT2D eigenvalue weighted by molar-refractivity contribution is 5.70. The van der Waals surface area contributed by atoms with Crippen LogP contribution in [0, 0.1) is 0 Å². The SMILES string of the molecule is CCc1nn2ccc(N3CCN(C(=O)OC(C)(C)C)CC3)nc2c1N. The maximum Gasteiger partial charge on any atom is 0.410 e. The standard InChI is InChI=1S/C17H26N6O2/c1-5-12-14(18)15-19-13(6-7-23(15)20-12)21-8-10-22(11-9-21)16(24)25-17(2,3)4/h6-7H,5,8-11,18H2,1-4H3. The first-order valence-electron chi connectivity index (χ1n) is 8.65. The smallest absolute Gasteiger partial charge is 0.410 e. The lowest BCUT2D eigenvalue weighted by Crippen LogP contribution is -2.50. The van der Waals surface area contributed by atoms with Gasteiger partial charge in [-0.3, -0.25) is 0 Å². The molecule has 136 valence electrons. The fourth-order valence-corrected chi connectivity index (χ4v) is 2.86. The van der Waals surface area contributed by atoms with Gasteiger partial charge in [0.05, 0.1) is 5.69 Å². The largest absolute Gasteiger partial charge is 0.444 e. The van der Waals surface area contributed by atoms with Gasteiger partial charge in [-0.05, 0) is 33.3 Å². The molecule has 3 rings (SSSR count). The third-order valence-electron chi connectivity index (χ3n) is 4.17. The Morgan fingerprint density at radius 3 is 2.56 bits per heavy atom. The lowest BCUT2D eigenvalue weighted by molar-refractivity contribution is 0.0240. The summed E-state index contributed by atoms with van der Waals surface area (Å²) < 4.78 is 7.15. The van der Waals surface area contributed by atoms with Crippen LogP contribution in [-0.2, 0) is 11.2 Å². The molecule has 2 aromatic heterocycles. The molecule has 0 radical (unpaired) electrons. The summed E-state index contributed by atoms with van der Waals surface area (Å²) in [6.07, 6.45) is 2.40. The number of nitrogens with two attached hydrogens (primary N) is 1. The fraction of sp³-hybridized carbons (Fsp3) is 0.588. The fourth-order valence-electron chi connectivity index (χ4n) is 2.86. The van der Waals surface area contributed by atoms with E-state index >= 15 is 0 Å². The Morgan fingerprint density at radius 2 is 1.96 bits per heavy atom.